The van der Waals surface area contributed by atoms with E-state index in [1.807, 2.05) is 18.3 Å². The highest BCUT2D eigenvalue weighted by atomic mass is 32.1. The van der Waals surface area contributed by atoms with E-state index in [9.17, 15) is 4.79 Å². The lowest BCUT2D eigenvalue weighted by molar-refractivity contribution is -0.120. The Balaban J connectivity index is 1.90. The largest absolute Gasteiger partial charge is 0.355 e. The van der Waals surface area contributed by atoms with Gasteiger partial charge >= 0.3 is 0 Å². The summed E-state index contributed by atoms with van der Waals surface area (Å²) in [6.07, 6.45) is 5.12. The SMILES string of the molecule is CCNC(=O)CNC(C)c1cc2c(s1)CCCC2. The Morgan fingerprint density at radius 2 is 2.22 bits per heavy atom. The number of hydrogen-bond donors (Lipinski definition) is 2. The predicted molar refractivity (Wildman–Crippen MR) is 76.1 cm³/mol. The zero-order valence-corrected chi connectivity index (χ0v) is 12.0. The summed E-state index contributed by atoms with van der Waals surface area (Å²) in [5, 5.41) is 6.09. The standard InChI is InChI=1S/C14H22N2OS/c1-3-15-14(17)9-16-10(2)13-8-11-6-4-5-7-12(11)18-13/h8,10,16H,3-7,9H2,1-2H3,(H,15,17). The highest BCUT2D eigenvalue weighted by molar-refractivity contribution is 7.12. The Bertz CT molecular complexity index is 390. The lowest BCUT2D eigenvalue weighted by Gasteiger charge is -2.11. The molecule has 0 fully saturated rings. The molecule has 0 saturated heterocycles. The molecule has 3 nitrogen and oxygen atoms in total. The van der Waals surface area contributed by atoms with Crippen molar-refractivity contribution in [3.63, 3.8) is 0 Å². The summed E-state index contributed by atoms with van der Waals surface area (Å²) in [4.78, 5) is 14.3. The fourth-order valence-electron chi connectivity index (χ4n) is 2.33. The third-order valence-corrected chi connectivity index (χ3v) is 4.80. The molecule has 18 heavy (non-hydrogen) atoms. The van der Waals surface area contributed by atoms with Crippen LogP contribution in [0.15, 0.2) is 6.07 Å². The maximum absolute atomic E-state index is 11.4. The average Bonchev–Trinajstić information content (AvgIpc) is 2.80. The minimum atomic E-state index is 0.0747. The predicted octanol–water partition coefficient (Wildman–Crippen LogP) is 2.41. The third-order valence-electron chi connectivity index (χ3n) is 3.39. The van der Waals surface area contributed by atoms with Crippen molar-refractivity contribution in [2.45, 2.75) is 45.6 Å². The van der Waals surface area contributed by atoms with Crippen LogP contribution >= 0.6 is 11.3 Å². The summed E-state index contributed by atoms with van der Waals surface area (Å²) in [7, 11) is 0. The van der Waals surface area contributed by atoms with Crippen LogP contribution in [0.25, 0.3) is 0 Å². The van der Waals surface area contributed by atoms with Gasteiger partial charge in [-0.2, -0.15) is 0 Å². The number of aryl methyl sites for hydroxylation is 2. The molecule has 2 N–H and O–H groups in total. The molecular weight excluding hydrogens is 244 g/mol. The Morgan fingerprint density at radius 1 is 1.44 bits per heavy atom. The van der Waals surface area contributed by atoms with E-state index in [-0.39, 0.29) is 11.9 Å². The quantitative estimate of drug-likeness (QED) is 0.859. The van der Waals surface area contributed by atoms with Crippen molar-refractivity contribution in [3.05, 3.63) is 21.4 Å². The van der Waals surface area contributed by atoms with E-state index in [0.717, 1.165) is 0 Å². The first-order valence-corrected chi connectivity index (χ1v) is 7.64. The smallest absolute Gasteiger partial charge is 0.233 e. The van der Waals surface area contributed by atoms with E-state index in [1.54, 1.807) is 4.88 Å². The molecule has 0 saturated carbocycles. The van der Waals surface area contributed by atoms with Gasteiger partial charge in [-0.25, -0.2) is 0 Å². The number of fused-ring (bicyclic) bond motifs is 1. The van der Waals surface area contributed by atoms with Crippen LogP contribution < -0.4 is 10.6 Å². The molecule has 1 unspecified atom stereocenters. The molecule has 1 atom stereocenters. The van der Waals surface area contributed by atoms with Gasteiger partial charge in [0.25, 0.3) is 0 Å². The molecule has 0 aliphatic heterocycles. The number of carbonyl (C=O) groups excluding carboxylic acids is 1. The minimum absolute atomic E-state index is 0.0747. The zero-order chi connectivity index (χ0) is 13.0. The lowest BCUT2D eigenvalue weighted by atomic mass is 9.99. The molecule has 0 aromatic carbocycles. The maximum atomic E-state index is 11.4. The number of likely N-dealkylation sites (N-methyl/N-ethyl adjacent to an activating group) is 1. The number of rotatable bonds is 5. The Kier molecular flexibility index (Phi) is 4.78. The van der Waals surface area contributed by atoms with E-state index in [0.29, 0.717) is 13.1 Å². The number of hydrogen-bond acceptors (Lipinski definition) is 3. The van der Waals surface area contributed by atoms with Crippen molar-refractivity contribution in [1.82, 2.24) is 10.6 Å². The van der Waals surface area contributed by atoms with Crippen molar-refractivity contribution in [3.8, 4) is 0 Å². The Morgan fingerprint density at radius 3 is 2.94 bits per heavy atom. The molecular formula is C14H22N2OS. The second-order valence-electron chi connectivity index (χ2n) is 4.86. The topological polar surface area (TPSA) is 41.1 Å². The van der Waals surface area contributed by atoms with Crippen LogP contribution in [0.3, 0.4) is 0 Å². The van der Waals surface area contributed by atoms with Crippen LogP contribution in [-0.2, 0) is 17.6 Å². The molecule has 4 heteroatoms. The molecule has 0 radical (unpaired) electrons. The molecule has 1 aliphatic carbocycles. The summed E-state index contributed by atoms with van der Waals surface area (Å²) in [5.41, 5.74) is 1.54. The molecule has 2 rings (SSSR count). The number of carbonyl (C=O) groups is 1. The maximum Gasteiger partial charge on any atom is 0.233 e. The summed E-state index contributed by atoms with van der Waals surface area (Å²) < 4.78 is 0. The van der Waals surface area contributed by atoms with Gasteiger partial charge in [-0.05, 0) is 51.2 Å². The number of thiophene rings is 1. The fourth-order valence-corrected chi connectivity index (χ4v) is 3.62. The average molecular weight is 266 g/mol. The van der Waals surface area contributed by atoms with Gasteiger partial charge in [-0.15, -0.1) is 11.3 Å². The number of nitrogens with one attached hydrogen (secondary N) is 2. The summed E-state index contributed by atoms with van der Waals surface area (Å²) >= 11 is 1.91. The van der Waals surface area contributed by atoms with Crippen LogP contribution in [0, 0.1) is 0 Å². The van der Waals surface area contributed by atoms with Gasteiger partial charge in [0.15, 0.2) is 0 Å². The van der Waals surface area contributed by atoms with Gasteiger partial charge in [-0.1, -0.05) is 0 Å². The van der Waals surface area contributed by atoms with Gasteiger partial charge in [0, 0.05) is 22.3 Å². The second-order valence-corrected chi connectivity index (χ2v) is 6.03. The molecule has 100 valence electrons. The lowest BCUT2D eigenvalue weighted by Crippen LogP contribution is -2.34. The Hall–Kier alpha value is -0.870. The van der Waals surface area contributed by atoms with Crippen molar-refractivity contribution in [2.24, 2.45) is 0 Å². The molecule has 1 heterocycles. The number of amides is 1. The van der Waals surface area contributed by atoms with Crippen molar-refractivity contribution in [2.75, 3.05) is 13.1 Å². The summed E-state index contributed by atoms with van der Waals surface area (Å²) in [6, 6.07) is 2.59. The second kappa shape index (κ2) is 6.34. The minimum Gasteiger partial charge on any atom is -0.355 e. The summed E-state index contributed by atoms with van der Waals surface area (Å²) in [5.74, 6) is 0.0747. The monoisotopic (exact) mass is 266 g/mol. The molecule has 1 aromatic rings. The molecule has 1 amide bonds. The summed E-state index contributed by atoms with van der Waals surface area (Å²) in [6.45, 7) is 5.17. The van der Waals surface area contributed by atoms with Crippen molar-refractivity contribution >= 4 is 17.2 Å². The zero-order valence-electron chi connectivity index (χ0n) is 11.2. The van der Waals surface area contributed by atoms with E-state index in [2.05, 4.69) is 23.6 Å². The molecule has 0 spiro atoms. The van der Waals surface area contributed by atoms with Gasteiger partial charge in [-0.3, -0.25) is 4.79 Å². The van der Waals surface area contributed by atoms with Gasteiger partial charge in [0.05, 0.1) is 6.54 Å². The van der Waals surface area contributed by atoms with Crippen molar-refractivity contribution in [1.29, 1.82) is 0 Å². The molecule has 1 aromatic heterocycles. The highest BCUT2D eigenvalue weighted by Gasteiger charge is 2.16. The van der Waals surface area contributed by atoms with Crippen LogP contribution in [0.4, 0.5) is 0 Å². The van der Waals surface area contributed by atoms with Crippen LogP contribution in [-0.4, -0.2) is 19.0 Å². The Labute approximate surface area is 113 Å². The first kappa shape index (κ1) is 13.6. The van der Waals surface area contributed by atoms with E-state index in [4.69, 9.17) is 0 Å². The van der Waals surface area contributed by atoms with Crippen LogP contribution in [0.1, 0.15) is 48.0 Å². The van der Waals surface area contributed by atoms with Crippen molar-refractivity contribution < 1.29 is 4.79 Å². The van der Waals surface area contributed by atoms with Crippen LogP contribution in [0.5, 0.6) is 0 Å². The molecule has 0 bridgehead atoms. The normalized spacial score (nSPS) is 16.1. The van der Waals surface area contributed by atoms with E-state index in [1.165, 1.54) is 36.1 Å². The fraction of sp³-hybridized carbons (Fsp3) is 0.643. The highest BCUT2D eigenvalue weighted by Crippen LogP contribution is 2.32. The first-order chi connectivity index (χ1) is 8.70. The van der Waals surface area contributed by atoms with E-state index < -0.39 is 0 Å². The van der Waals surface area contributed by atoms with Gasteiger partial charge in [0.2, 0.25) is 5.91 Å². The molecule has 1 aliphatic rings. The van der Waals surface area contributed by atoms with E-state index >= 15 is 0 Å². The van der Waals surface area contributed by atoms with Crippen LogP contribution in [0.2, 0.25) is 0 Å². The van der Waals surface area contributed by atoms with Gasteiger partial charge in [0.1, 0.15) is 0 Å². The first-order valence-electron chi connectivity index (χ1n) is 6.82. The third kappa shape index (κ3) is 3.33. The van der Waals surface area contributed by atoms with Gasteiger partial charge < -0.3 is 10.6 Å².